The number of Topliss-reactive ketones (excluding diaryl/α,β-unsaturated/α-hetero) is 1. The van der Waals surface area contributed by atoms with E-state index < -0.39 is 24.5 Å². The lowest BCUT2D eigenvalue weighted by Crippen LogP contribution is -2.45. The van der Waals surface area contributed by atoms with Gasteiger partial charge in [0, 0.05) is 41.7 Å². The van der Waals surface area contributed by atoms with Crippen LogP contribution in [0.25, 0.3) is 22.5 Å². The van der Waals surface area contributed by atoms with Gasteiger partial charge < -0.3 is 10.2 Å². The summed E-state index contributed by atoms with van der Waals surface area (Å²) in [6.07, 6.45) is 1.56. The van der Waals surface area contributed by atoms with Crippen molar-refractivity contribution in [1.29, 1.82) is 0 Å². The van der Waals surface area contributed by atoms with Gasteiger partial charge in [-0.3, -0.25) is 44.2 Å². The normalized spacial score (nSPS) is 15.5. The molecule has 17 heteroatoms. The lowest BCUT2D eigenvalue weighted by atomic mass is 10.1. The second-order valence-electron chi connectivity index (χ2n) is 11.9. The Morgan fingerprint density at radius 1 is 0.702 bits per heavy atom. The van der Waals surface area contributed by atoms with E-state index in [2.05, 4.69) is 41.9 Å². The first-order valence-corrected chi connectivity index (χ1v) is 18.2. The maximum absolute atomic E-state index is 12.0. The van der Waals surface area contributed by atoms with Crippen LogP contribution in [0.4, 0.5) is 0 Å². The highest BCUT2D eigenvalue weighted by atomic mass is 79.9. The molecule has 2 aliphatic heterocycles. The topological polar surface area (TPSA) is 248 Å². The summed E-state index contributed by atoms with van der Waals surface area (Å²) in [4.78, 5) is 86.4. The first-order chi connectivity index (χ1) is 27.3. The molecular weight excluding hydrogens is 804 g/mol. The maximum atomic E-state index is 12.0. The number of alkyl halides is 1. The second-order valence-corrected chi connectivity index (χ2v) is 13.0. The molecule has 4 heterocycles. The largest absolute Gasteiger partial charge is 0.480 e. The molecule has 2 atom stereocenters. The van der Waals surface area contributed by atoms with Gasteiger partial charge in [-0.2, -0.15) is 10.2 Å². The number of hydrogen-bond acceptors (Lipinski definition) is 11. The number of hydrogen-bond donors (Lipinski definition) is 5. The molecular formula is C40H39BrN6O10. The van der Waals surface area contributed by atoms with E-state index in [0.717, 1.165) is 27.1 Å². The summed E-state index contributed by atoms with van der Waals surface area (Å²) in [6, 6.07) is 33.8. The third-order valence-corrected chi connectivity index (χ3v) is 8.51. The third kappa shape index (κ3) is 15.5. The molecule has 5 aromatic rings. The zero-order valence-electron chi connectivity index (χ0n) is 30.5. The fourth-order valence-electron chi connectivity index (χ4n) is 4.78. The molecule has 0 spiro atoms. The van der Waals surface area contributed by atoms with Crippen molar-refractivity contribution >= 4 is 51.3 Å². The number of nitrogens with zero attached hydrogens (tertiary/aromatic N) is 3. The van der Waals surface area contributed by atoms with Crippen molar-refractivity contribution in [3.63, 3.8) is 0 Å². The van der Waals surface area contributed by atoms with E-state index in [9.17, 15) is 33.6 Å². The summed E-state index contributed by atoms with van der Waals surface area (Å²) < 4.78 is 1.16. The molecule has 2 saturated heterocycles. The Morgan fingerprint density at radius 2 is 1.19 bits per heavy atom. The molecule has 7 rings (SSSR count). The number of carbonyl (C=O) groups excluding carboxylic acids is 5. The van der Waals surface area contributed by atoms with E-state index in [1.165, 1.54) is 12.1 Å². The van der Waals surface area contributed by atoms with Crippen molar-refractivity contribution in [1.82, 2.24) is 30.6 Å². The molecule has 16 nitrogen and oxygen atoms in total. The molecule has 5 N–H and O–H groups in total. The molecule has 3 aromatic carbocycles. The number of aromatic amines is 1. The van der Waals surface area contributed by atoms with Crippen LogP contribution in [0.1, 0.15) is 49.0 Å². The summed E-state index contributed by atoms with van der Waals surface area (Å²) >= 11 is 3.12. The number of piperidine rings is 2. The average Bonchev–Trinajstić information content (AvgIpc) is 3.22. The Kier molecular flexibility index (Phi) is 18.2. The van der Waals surface area contributed by atoms with E-state index in [1.807, 2.05) is 91.0 Å². The number of amides is 4. The number of ketones is 1. The van der Waals surface area contributed by atoms with Gasteiger partial charge in [0.05, 0.1) is 16.2 Å². The molecule has 0 aliphatic carbocycles. The fraction of sp³-hybridized carbons (Fsp3) is 0.200. The van der Waals surface area contributed by atoms with Crippen LogP contribution in [0.15, 0.2) is 125 Å². The lowest BCUT2D eigenvalue weighted by molar-refractivity contribution is -0.140. The quantitative estimate of drug-likeness (QED) is 0.0970. The minimum atomic E-state index is -1.19. The maximum Gasteiger partial charge on any atom is 0.329 e. The van der Waals surface area contributed by atoms with Gasteiger partial charge in [0.25, 0.3) is 17.0 Å². The van der Waals surface area contributed by atoms with Crippen molar-refractivity contribution in [3.05, 3.63) is 142 Å². The zero-order chi connectivity index (χ0) is 41.7. The summed E-state index contributed by atoms with van der Waals surface area (Å²) in [5.41, 5.74) is 3.48. The van der Waals surface area contributed by atoms with E-state index in [-0.39, 0.29) is 52.3 Å². The Hall–Kier alpha value is -6.72. The third-order valence-electron chi connectivity index (χ3n) is 7.64. The number of carboxylic acid groups (broad SMARTS) is 1. The molecule has 2 aromatic heterocycles. The van der Waals surface area contributed by atoms with Crippen molar-refractivity contribution in [3.8, 4) is 22.5 Å². The number of aromatic nitrogens is 4. The number of carbonyl (C=O) groups is 6. The van der Waals surface area contributed by atoms with Crippen LogP contribution in [-0.4, -0.2) is 77.0 Å². The number of halogens is 1. The number of imide groups is 2. The standard InChI is InChI=1S/C15H13N3O3.C10H8N2O.C8H8O.C5H6BrNO2.C2H4O3/c19-13-8-7-12(15(21)16-13)18-14(20)9-6-11(17-18)10-4-2-1-3-5-10;13-10-7-6-9(11-12-10)8-4-2-1-3-5-8;1-7(9)8-5-3-2-4-6-8;6-3-1-2-4(8)7-5(3)9;3-1-2(4)5/h1-6,9,12H,7-8H2,(H,16,19,21);1-7H,(H,12,13);2-6H,1H3;3H,1-2H2,(H,7,8,9);3H,1H2,(H,4,5). The van der Waals surface area contributed by atoms with E-state index in [0.29, 0.717) is 18.5 Å². The number of carboxylic acids is 1. The SMILES string of the molecule is CC(=O)c1ccccc1.O=C(O)CO.O=C1CCC(Br)C(=O)N1.O=C1CCC(n2nc(-c3ccccc3)ccc2=O)C(=O)N1.O=c1ccc(-c2ccccc2)n[nH]1. The number of nitrogens with one attached hydrogen (secondary N) is 3. The van der Waals surface area contributed by atoms with Crippen molar-refractivity contribution in [2.75, 3.05) is 6.61 Å². The Labute approximate surface area is 334 Å². The average molecular weight is 844 g/mol. The number of H-pyrrole nitrogens is 1. The molecule has 2 fully saturated rings. The molecule has 4 amide bonds. The fourth-order valence-corrected chi connectivity index (χ4v) is 5.12. The van der Waals surface area contributed by atoms with Crippen LogP contribution in [0.3, 0.4) is 0 Å². The predicted octanol–water partition coefficient (Wildman–Crippen LogP) is 3.46. The smallest absolute Gasteiger partial charge is 0.329 e. The number of aliphatic hydroxyl groups is 1. The van der Waals surface area contributed by atoms with Crippen LogP contribution in [0, 0.1) is 0 Å². The molecule has 0 bridgehead atoms. The molecule has 0 saturated carbocycles. The minimum absolute atomic E-state index is 0.121. The Balaban J connectivity index is 0.000000208. The molecule has 2 aliphatic rings. The number of aliphatic hydroxyl groups excluding tert-OH is 1. The first-order valence-electron chi connectivity index (χ1n) is 17.3. The number of aliphatic carboxylic acids is 1. The highest BCUT2D eigenvalue weighted by Crippen LogP contribution is 2.19. The van der Waals surface area contributed by atoms with Gasteiger partial charge in [-0.05, 0) is 31.9 Å². The van der Waals surface area contributed by atoms with E-state index in [1.54, 1.807) is 19.1 Å². The van der Waals surface area contributed by atoms with Crippen LogP contribution in [0.5, 0.6) is 0 Å². The lowest BCUT2D eigenvalue weighted by Gasteiger charge is -2.22. The number of rotatable bonds is 5. The summed E-state index contributed by atoms with van der Waals surface area (Å²) in [5, 5.41) is 30.0. The molecule has 57 heavy (non-hydrogen) atoms. The summed E-state index contributed by atoms with van der Waals surface area (Å²) in [7, 11) is 0. The number of benzene rings is 3. The minimum Gasteiger partial charge on any atom is -0.480 e. The molecule has 0 radical (unpaired) electrons. The first kappa shape index (κ1) is 44.7. The van der Waals surface area contributed by atoms with Gasteiger partial charge in [-0.1, -0.05) is 107 Å². The van der Waals surface area contributed by atoms with Gasteiger partial charge in [0.15, 0.2) is 5.78 Å². The van der Waals surface area contributed by atoms with Gasteiger partial charge >= 0.3 is 5.97 Å². The van der Waals surface area contributed by atoms with Crippen molar-refractivity contribution in [2.45, 2.75) is 43.5 Å². The van der Waals surface area contributed by atoms with Crippen molar-refractivity contribution in [2.24, 2.45) is 0 Å². The Morgan fingerprint density at radius 3 is 1.63 bits per heavy atom. The monoisotopic (exact) mass is 842 g/mol. The van der Waals surface area contributed by atoms with Crippen molar-refractivity contribution < 1.29 is 39.0 Å². The van der Waals surface area contributed by atoms with Gasteiger partial charge in [0.1, 0.15) is 12.6 Å². The molecule has 2 unspecified atom stereocenters. The van der Waals surface area contributed by atoms with E-state index in [4.69, 9.17) is 15.0 Å². The summed E-state index contributed by atoms with van der Waals surface area (Å²) in [5.74, 6) is -2.25. The summed E-state index contributed by atoms with van der Waals surface area (Å²) in [6.45, 7) is 0.787. The highest BCUT2D eigenvalue weighted by molar-refractivity contribution is 9.10. The van der Waals surface area contributed by atoms with Crippen LogP contribution < -0.4 is 21.8 Å². The Bertz CT molecular complexity index is 2230. The highest BCUT2D eigenvalue weighted by Gasteiger charge is 2.29. The van der Waals surface area contributed by atoms with Crippen LogP contribution in [0.2, 0.25) is 0 Å². The van der Waals surface area contributed by atoms with Gasteiger partial charge in [-0.25, -0.2) is 14.6 Å². The molecule has 296 valence electrons. The predicted molar refractivity (Wildman–Crippen MR) is 212 cm³/mol. The zero-order valence-corrected chi connectivity index (χ0v) is 32.1. The van der Waals surface area contributed by atoms with Crippen LogP contribution in [-0.2, 0) is 24.0 Å². The second kappa shape index (κ2) is 23.3. The van der Waals surface area contributed by atoms with Gasteiger partial charge in [-0.15, -0.1) is 0 Å². The van der Waals surface area contributed by atoms with Gasteiger partial charge in [0.2, 0.25) is 17.7 Å². The van der Waals surface area contributed by atoms with Crippen LogP contribution >= 0.6 is 15.9 Å². The van der Waals surface area contributed by atoms with E-state index >= 15 is 0 Å².